The molecule has 246 valence electrons. The predicted molar refractivity (Wildman–Crippen MR) is 220 cm³/mol. The number of thiophene rings is 1. The molecule has 0 saturated carbocycles. The molecule has 0 N–H and O–H groups in total. The second kappa shape index (κ2) is 10.8. The normalized spacial score (nSPS) is 12.5. The zero-order valence-corrected chi connectivity index (χ0v) is 28.9. The third kappa shape index (κ3) is 4.21. The summed E-state index contributed by atoms with van der Waals surface area (Å²) in [5.74, 6) is 1.78. The molecule has 0 fully saturated rings. The Labute approximate surface area is 307 Å². The molecule has 0 bridgehead atoms. The van der Waals surface area contributed by atoms with E-state index in [9.17, 15) is 0 Å². The van der Waals surface area contributed by atoms with E-state index in [1.54, 1.807) is 0 Å². The van der Waals surface area contributed by atoms with Crippen molar-refractivity contribution >= 4 is 92.3 Å². The first-order valence-electron chi connectivity index (χ1n) is 17.7. The highest BCUT2D eigenvalue weighted by Gasteiger charge is 2.30. The van der Waals surface area contributed by atoms with Gasteiger partial charge in [-0.25, -0.2) is 4.98 Å². The Morgan fingerprint density at radius 2 is 1.13 bits per heavy atom. The van der Waals surface area contributed by atoms with Gasteiger partial charge in [0.15, 0.2) is 11.6 Å². The number of nitrogens with zero attached hydrogens (tertiary/aromatic N) is 4. The topological polar surface area (TPSA) is 55.1 Å². The summed E-state index contributed by atoms with van der Waals surface area (Å²) in [6, 6.07) is 55.6. The fourth-order valence-electron chi connectivity index (χ4n) is 8.23. The highest BCUT2D eigenvalue weighted by molar-refractivity contribution is 7.25. The number of benzene rings is 8. The van der Waals surface area contributed by atoms with Crippen LogP contribution in [0, 0.1) is 0 Å². The van der Waals surface area contributed by atoms with E-state index in [1.165, 1.54) is 36.5 Å². The molecule has 8 aromatic carbocycles. The molecule has 0 amide bonds. The van der Waals surface area contributed by atoms with E-state index >= 15 is 0 Å². The van der Waals surface area contributed by atoms with E-state index in [2.05, 4.69) is 138 Å². The minimum absolute atomic E-state index is 0.567. The Morgan fingerprint density at radius 3 is 2.02 bits per heavy atom. The van der Waals surface area contributed by atoms with E-state index in [0.29, 0.717) is 17.6 Å². The zero-order valence-electron chi connectivity index (χ0n) is 28.1. The van der Waals surface area contributed by atoms with Crippen molar-refractivity contribution in [2.75, 3.05) is 4.90 Å². The van der Waals surface area contributed by atoms with E-state index in [-0.39, 0.29) is 0 Å². The Hall–Kier alpha value is -6.89. The van der Waals surface area contributed by atoms with Gasteiger partial charge in [-0.05, 0) is 70.9 Å². The van der Waals surface area contributed by atoms with Gasteiger partial charge in [-0.1, -0.05) is 103 Å². The standard InChI is InChI=1S/C47H26N4OS/c1-2-12-31-27(9-1)19-22-35-34-15-7-10-28-11-8-16-38(43(28)34)51(44(31)35)47-49-45(29-20-23-40-36(25-29)32-13-3-5-17-39(32)52-40)48-46(50-47)30-21-24-42-37(26-30)33-14-4-6-18-41(33)53-42/h1-26H. The average molecular weight is 695 g/mol. The minimum Gasteiger partial charge on any atom is -0.456 e. The molecule has 0 unspecified atom stereocenters. The summed E-state index contributed by atoms with van der Waals surface area (Å²) in [5.41, 5.74) is 7.98. The van der Waals surface area contributed by atoms with Gasteiger partial charge >= 0.3 is 0 Å². The van der Waals surface area contributed by atoms with Crippen LogP contribution in [0.15, 0.2) is 162 Å². The van der Waals surface area contributed by atoms with Crippen LogP contribution in [0.2, 0.25) is 0 Å². The van der Waals surface area contributed by atoms with Crippen LogP contribution in [-0.2, 0) is 0 Å². The number of furan rings is 1. The molecule has 53 heavy (non-hydrogen) atoms. The fourth-order valence-corrected chi connectivity index (χ4v) is 9.31. The molecule has 0 aliphatic carbocycles. The molecule has 12 rings (SSSR count). The van der Waals surface area contributed by atoms with Crippen molar-refractivity contribution < 1.29 is 4.42 Å². The maximum Gasteiger partial charge on any atom is 0.238 e. The highest BCUT2D eigenvalue weighted by atomic mass is 32.1. The minimum atomic E-state index is 0.567. The van der Waals surface area contributed by atoms with Crippen LogP contribution >= 0.6 is 11.3 Å². The molecule has 1 aliphatic heterocycles. The van der Waals surface area contributed by atoms with Crippen LogP contribution in [0.4, 0.5) is 17.3 Å². The number of aromatic nitrogens is 3. The molecule has 0 spiro atoms. The fraction of sp³-hybridized carbons (Fsp3) is 0. The van der Waals surface area contributed by atoms with Crippen molar-refractivity contribution in [3.8, 4) is 33.9 Å². The first-order valence-corrected chi connectivity index (χ1v) is 18.5. The summed E-state index contributed by atoms with van der Waals surface area (Å²) >= 11 is 1.81. The van der Waals surface area contributed by atoms with Crippen molar-refractivity contribution in [3.05, 3.63) is 158 Å². The molecule has 0 saturated heterocycles. The van der Waals surface area contributed by atoms with Gasteiger partial charge in [-0.2, -0.15) is 9.97 Å². The molecule has 4 heterocycles. The Bertz CT molecular complexity index is 3190. The van der Waals surface area contributed by atoms with Gasteiger partial charge in [0.2, 0.25) is 5.95 Å². The number of rotatable bonds is 3. The lowest BCUT2D eigenvalue weighted by Gasteiger charge is -2.33. The molecule has 6 heteroatoms. The lowest BCUT2D eigenvalue weighted by Crippen LogP contribution is -2.19. The third-order valence-electron chi connectivity index (χ3n) is 10.6. The largest absolute Gasteiger partial charge is 0.456 e. The number of para-hydroxylation sites is 1. The SMILES string of the molecule is c1ccc2c3c(ccc2c1)-c1cccc2cccc(c12)N3c1nc(-c2ccc3oc4ccccc4c3c2)nc(-c2ccc3sc4ccccc4c3c2)n1. The van der Waals surface area contributed by atoms with E-state index in [0.717, 1.165) is 60.8 Å². The van der Waals surface area contributed by atoms with Crippen LogP contribution in [0.25, 0.3) is 97.6 Å². The van der Waals surface area contributed by atoms with Crippen LogP contribution in [0.3, 0.4) is 0 Å². The van der Waals surface area contributed by atoms with Gasteiger partial charge in [0.25, 0.3) is 0 Å². The quantitative estimate of drug-likeness (QED) is 0.184. The molecule has 3 aromatic heterocycles. The van der Waals surface area contributed by atoms with Crippen molar-refractivity contribution in [2.24, 2.45) is 0 Å². The summed E-state index contributed by atoms with van der Waals surface area (Å²) < 4.78 is 8.71. The van der Waals surface area contributed by atoms with Crippen LogP contribution in [0.5, 0.6) is 0 Å². The zero-order chi connectivity index (χ0) is 34.6. The van der Waals surface area contributed by atoms with Gasteiger partial charge in [0.1, 0.15) is 11.2 Å². The number of hydrogen-bond acceptors (Lipinski definition) is 6. The van der Waals surface area contributed by atoms with Crippen molar-refractivity contribution in [1.29, 1.82) is 0 Å². The Kier molecular flexibility index (Phi) is 5.87. The van der Waals surface area contributed by atoms with Gasteiger partial charge in [0.05, 0.1) is 11.4 Å². The van der Waals surface area contributed by atoms with E-state index in [4.69, 9.17) is 19.4 Å². The molecule has 5 nitrogen and oxygen atoms in total. The summed E-state index contributed by atoms with van der Waals surface area (Å²) in [5, 5.41) is 9.17. The monoisotopic (exact) mass is 694 g/mol. The van der Waals surface area contributed by atoms with Crippen molar-refractivity contribution in [3.63, 3.8) is 0 Å². The predicted octanol–water partition coefficient (Wildman–Crippen LogP) is 13.2. The second-order valence-electron chi connectivity index (χ2n) is 13.6. The molecule has 11 aromatic rings. The summed E-state index contributed by atoms with van der Waals surface area (Å²) in [4.78, 5) is 18.3. The van der Waals surface area contributed by atoms with E-state index in [1.807, 2.05) is 35.6 Å². The Balaban J connectivity index is 1.17. The van der Waals surface area contributed by atoms with Crippen LogP contribution in [-0.4, -0.2) is 15.0 Å². The summed E-state index contributed by atoms with van der Waals surface area (Å²) in [6.07, 6.45) is 0. The van der Waals surface area contributed by atoms with Gasteiger partial charge in [-0.15, -0.1) is 11.3 Å². The maximum absolute atomic E-state index is 6.21. The number of fused-ring (bicyclic) bond motifs is 10. The van der Waals surface area contributed by atoms with E-state index < -0.39 is 0 Å². The summed E-state index contributed by atoms with van der Waals surface area (Å²) in [6.45, 7) is 0. The lowest BCUT2D eigenvalue weighted by molar-refractivity contribution is 0.669. The van der Waals surface area contributed by atoms with Gasteiger partial charge in [-0.3, -0.25) is 4.90 Å². The second-order valence-corrected chi connectivity index (χ2v) is 14.7. The van der Waals surface area contributed by atoms with Crippen molar-refractivity contribution in [1.82, 2.24) is 15.0 Å². The average Bonchev–Trinajstić information content (AvgIpc) is 3.78. The first-order chi connectivity index (χ1) is 26.2. The molecule has 1 aliphatic rings. The lowest BCUT2D eigenvalue weighted by atomic mass is 9.89. The third-order valence-corrected chi connectivity index (χ3v) is 11.8. The van der Waals surface area contributed by atoms with Crippen LogP contribution < -0.4 is 4.90 Å². The first kappa shape index (κ1) is 28.8. The van der Waals surface area contributed by atoms with Gasteiger partial charge < -0.3 is 4.42 Å². The smallest absolute Gasteiger partial charge is 0.238 e. The number of hydrogen-bond donors (Lipinski definition) is 0. The molecule has 0 radical (unpaired) electrons. The number of anilines is 3. The highest BCUT2D eigenvalue weighted by Crippen LogP contribution is 2.53. The van der Waals surface area contributed by atoms with Crippen molar-refractivity contribution in [2.45, 2.75) is 0 Å². The molecule has 0 atom stereocenters. The molecular weight excluding hydrogens is 669 g/mol. The molecular formula is C47H26N4OS. The van der Waals surface area contributed by atoms with Gasteiger partial charge in [0, 0.05) is 58.4 Å². The summed E-state index contributed by atoms with van der Waals surface area (Å²) in [7, 11) is 0. The van der Waals surface area contributed by atoms with Crippen LogP contribution in [0.1, 0.15) is 0 Å². The Morgan fingerprint density at radius 1 is 0.453 bits per heavy atom. The maximum atomic E-state index is 6.21.